The summed E-state index contributed by atoms with van der Waals surface area (Å²) in [7, 11) is -2.16. The average Bonchev–Trinajstić information content (AvgIpc) is 3.25. The Kier molecular flexibility index (Phi) is 5.71. The van der Waals surface area contributed by atoms with E-state index in [4.69, 9.17) is 4.74 Å². The summed E-state index contributed by atoms with van der Waals surface area (Å²) in [5.74, 6) is 1.96. The monoisotopic (exact) mass is 476 g/mol. The molecule has 2 heterocycles. The number of H-pyrrole nitrogens is 1. The van der Waals surface area contributed by atoms with E-state index in [1.165, 1.54) is 11.4 Å². The Morgan fingerprint density at radius 3 is 2.55 bits per heavy atom. The van der Waals surface area contributed by atoms with E-state index in [0.29, 0.717) is 42.0 Å². The number of nitrogens with one attached hydrogen (secondary N) is 1. The highest BCUT2D eigenvalue weighted by Gasteiger charge is 2.33. The first-order valence-corrected chi connectivity index (χ1v) is 11.5. The number of hydrogen-bond donors (Lipinski definition) is 1. The van der Waals surface area contributed by atoms with Gasteiger partial charge in [-0.3, -0.25) is 5.10 Å². The summed E-state index contributed by atoms with van der Waals surface area (Å²) in [4.78, 5) is 4.81. The number of benzene rings is 2. The zero-order valence-electron chi connectivity index (χ0n) is 15.9. The molecule has 2 aromatic carbocycles. The average molecular weight is 477 g/mol. The molecule has 3 aromatic rings. The van der Waals surface area contributed by atoms with Crippen LogP contribution in [0.1, 0.15) is 24.6 Å². The van der Waals surface area contributed by atoms with Gasteiger partial charge in [-0.25, -0.2) is 13.4 Å². The van der Waals surface area contributed by atoms with Gasteiger partial charge in [-0.05, 0) is 31.0 Å². The van der Waals surface area contributed by atoms with Gasteiger partial charge < -0.3 is 4.74 Å². The summed E-state index contributed by atoms with van der Waals surface area (Å²) >= 11 is 3.35. The molecular weight excluding hydrogens is 456 g/mol. The predicted molar refractivity (Wildman–Crippen MR) is 113 cm³/mol. The highest BCUT2D eigenvalue weighted by Crippen LogP contribution is 2.34. The molecule has 7 nitrogen and oxygen atoms in total. The third-order valence-electron chi connectivity index (χ3n) is 5.12. The number of methoxy groups -OCH3 is 1. The number of aromatic nitrogens is 3. The van der Waals surface area contributed by atoms with Crippen LogP contribution in [-0.4, -0.2) is 48.1 Å². The second-order valence-electron chi connectivity index (χ2n) is 6.88. The third kappa shape index (κ3) is 4.08. The van der Waals surface area contributed by atoms with Gasteiger partial charge in [0.25, 0.3) is 0 Å². The first kappa shape index (κ1) is 20.1. The lowest BCUT2D eigenvalue weighted by molar-refractivity contribution is 0.312. The van der Waals surface area contributed by atoms with E-state index in [9.17, 15) is 8.42 Å². The van der Waals surface area contributed by atoms with Crippen LogP contribution in [0.15, 0.2) is 57.9 Å². The minimum absolute atomic E-state index is 0.149. The van der Waals surface area contributed by atoms with Gasteiger partial charge in [0.1, 0.15) is 16.5 Å². The second kappa shape index (κ2) is 8.25. The Morgan fingerprint density at radius 2 is 1.86 bits per heavy atom. The summed E-state index contributed by atoms with van der Waals surface area (Å²) < 4.78 is 33.8. The largest absolute Gasteiger partial charge is 0.495 e. The molecule has 0 radical (unpaired) electrons. The Bertz CT molecular complexity index is 1090. The SMILES string of the molecule is COc1ccc(Br)cc1S(=O)(=O)N1CCC(c2nc(-c3ccccc3)n[nH]2)CC1. The Balaban J connectivity index is 1.49. The molecule has 1 aliphatic rings. The van der Waals surface area contributed by atoms with Crippen molar-refractivity contribution in [2.24, 2.45) is 0 Å². The van der Waals surface area contributed by atoms with Crippen LogP contribution in [0.2, 0.25) is 0 Å². The van der Waals surface area contributed by atoms with Crippen molar-refractivity contribution in [3.63, 3.8) is 0 Å². The summed E-state index contributed by atoms with van der Waals surface area (Å²) in [5, 5.41) is 7.35. The van der Waals surface area contributed by atoms with Crippen molar-refractivity contribution < 1.29 is 13.2 Å². The Hall–Kier alpha value is -2.23. The van der Waals surface area contributed by atoms with Crippen LogP contribution in [-0.2, 0) is 10.0 Å². The number of piperidine rings is 1. The van der Waals surface area contributed by atoms with Crippen molar-refractivity contribution in [2.75, 3.05) is 20.2 Å². The number of aromatic amines is 1. The Labute approximate surface area is 178 Å². The van der Waals surface area contributed by atoms with E-state index in [1.807, 2.05) is 30.3 Å². The van der Waals surface area contributed by atoms with E-state index >= 15 is 0 Å². The summed E-state index contributed by atoms with van der Waals surface area (Å²) in [6.07, 6.45) is 1.36. The molecule has 0 atom stereocenters. The van der Waals surface area contributed by atoms with Gasteiger partial charge in [0.15, 0.2) is 5.82 Å². The molecule has 0 amide bonds. The molecule has 0 saturated carbocycles. The first-order chi connectivity index (χ1) is 14.0. The zero-order chi connectivity index (χ0) is 20.4. The fraction of sp³-hybridized carbons (Fsp3) is 0.300. The van der Waals surface area contributed by atoms with Crippen LogP contribution in [0.3, 0.4) is 0 Å². The topological polar surface area (TPSA) is 88.2 Å². The van der Waals surface area contributed by atoms with Gasteiger partial charge in [0.05, 0.1) is 7.11 Å². The van der Waals surface area contributed by atoms with E-state index in [1.54, 1.807) is 18.2 Å². The lowest BCUT2D eigenvalue weighted by Crippen LogP contribution is -2.38. The van der Waals surface area contributed by atoms with Gasteiger partial charge in [0.2, 0.25) is 10.0 Å². The minimum atomic E-state index is -3.64. The summed E-state index contributed by atoms with van der Waals surface area (Å²) in [5.41, 5.74) is 0.955. The maximum absolute atomic E-state index is 13.1. The predicted octanol–water partition coefficient (Wildman–Crippen LogP) is 3.81. The molecule has 29 heavy (non-hydrogen) atoms. The number of halogens is 1. The number of ether oxygens (including phenoxy) is 1. The van der Waals surface area contributed by atoms with E-state index < -0.39 is 10.0 Å². The van der Waals surface area contributed by atoms with Crippen molar-refractivity contribution in [2.45, 2.75) is 23.7 Å². The van der Waals surface area contributed by atoms with Gasteiger partial charge in [-0.2, -0.15) is 9.40 Å². The van der Waals surface area contributed by atoms with Crippen molar-refractivity contribution in [3.8, 4) is 17.1 Å². The number of rotatable bonds is 5. The van der Waals surface area contributed by atoms with Crippen molar-refractivity contribution in [3.05, 3.63) is 58.8 Å². The molecule has 152 valence electrons. The van der Waals surface area contributed by atoms with E-state index in [2.05, 4.69) is 31.1 Å². The molecule has 4 rings (SSSR count). The molecular formula is C20H21BrN4O3S. The maximum Gasteiger partial charge on any atom is 0.246 e. The molecule has 0 spiro atoms. The normalized spacial score (nSPS) is 16.1. The number of sulfonamides is 1. The minimum Gasteiger partial charge on any atom is -0.495 e. The number of hydrogen-bond acceptors (Lipinski definition) is 5. The van der Waals surface area contributed by atoms with E-state index in [-0.39, 0.29) is 10.8 Å². The van der Waals surface area contributed by atoms with Crippen LogP contribution in [0, 0.1) is 0 Å². The van der Waals surface area contributed by atoms with Gasteiger partial charge in [-0.15, -0.1) is 0 Å². The summed E-state index contributed by atoms with van der Waals surface area (Å²) in [6.45, 7) is 0.841. The Morgan fingerprint density at radius 1 is 1.14 bits per heavy atom. The second-order valence-corrected chi connectivity index (χ2v) is 9.71. The quantitative estimate of drug-likeness (QED) is 0.604. The maximum atomic E-state index is 13.1. The van der Waals surface area contributed by atoms with Crippen molar-refractivity contribution in [1.82, 2.24) is 19.5 Å². The molecule has 1 aromatic heterocycles. The first-order valence-electron chi connectivity index (χ1n) is 9.30. The van der Waals surface area contributed by atoms with Crippen molar-refractivity contribution in [1.29, 1.82) is 0 Å². The molecule has 1 N–H and O–H groups in total. The zero-order valence-corrected chi connectivity index (χ0v) is 18.3. The molecule has 0 bridgehead atoms. The smallest absolute Gasteiger partial charge is 0.246 e. The van der Waals surface area contributed by atoms with Gasteiger partial charge >= 0.3 is 0 Å². The van der Waals surface area contributed by atoms with Crippen molar-refractivity contribution >= 4 is 26.0 Å². The number of nitrogens with zero attached hydrogens (tertiary/aromatic N) is 3. The van der Waals surface area contributed by atoms with Crippen LogP contribution >= 0.6 is 15.9 Å². The molecule has 1 saturated heterocycles. The van der Waals surface area contributed by atoms with Crippen LogP contribution < -0.4 is 4.74 Å². The van der Waals surface area contributed by atoms with Gasteiger partial charge in [0, 0.05) is 29.0 Å². The third-order valence-corrected chi connectivity index (χ3v) is 7.53. The van der Waals surface area contributed by atoms with Crippen LogP contribution in [0.4, 0.5) is 0 Å². The molecule has 0 aliphatic carbocycles. The standard InChI is InChI=1S/C20H21BrN4O3S/c1-28-17-8-7-16(21)13-18(17)29(26,27)25-11-9-15(10-12-25)20-22-19(23-24-20)14-5-3-2-4-6-14/h2-8,13,15H,9-12H2,1H3,(H,22,23,24). The van der Waals surface area contributed by atoms with Gasteiger partial charge in [-0.1, -0.05) is 46.3 Å². The lowest BCUT2D eigenvalue weighted by atomic mass is 9.97. The molecule has 0 unspecified atom stereocenters. The molecule has 1 aliphatic heterocycles. The highest BCUT2D eigenvalue weighted by atomic mass is 79.9. The molecule has 1 fully saturated rings. The van der Waals surface area contributed by atoms with Crippen LogP contribution in [0.5, 0.6) is 5.75 Å². The fourth-order valence-corrected chi connectivity index (χ4v) is 5.70. The molecule has 9 heteroatoms. The van der Waals surface area contributed by atoms with E-state index in [0.717, 1.165) is 11.4 Å². The summed E-state index contributed by atoms with van der Waals surface area (Å²) in [6, 6.07) is 14.8. The lowest BCUT2D eigenvalue weighted by Gasteiger charge is -2.30. The fourth-order valence-electron chi connectivity index (χ4n) is 3.53. The van der Waals surface area contributed by atoms with Crippen LogP contribution in [0.25, 0.3) is 11.4 Å². The highest BCUT2D eigenvalue weighted by molar-refractivity contribution is 9.10.